The van der Waals surface area contributed by atoms with E-state index in [9.17, 15) is 9.18 Å². The third-order valence-electron chi connectivity index (χ3n) is 5.92. The zero-order valence-electron chi connectivity index (χ0n) is 17.9. The van der Waals surface area contributed by atoms with Gasteiger partial charge in [0.15, 0.2) is 5.65 Å². The molecule has 1 aromatic carbocycles. The number of thiophene rings is 1. The fourth-order valence-corrected chi connectivity index (χ4v) is 5.02. The molecule has 5 rings (SSSR count). The van der Waals surface area contributed by atoms with Crippen LogP contribution in [0.4, 0.5) is 4.39 Å². The number of nitrogens with zero attached hydrogens (tertiary/aromatic N) is 5. The minimum absolute atomic E-state index is 0.0548. The quantitative estimate of drug-likeness (QED) is 0.463. The van der Waals surface area contributed by atoms with Crippen LogP contribution in [0.5, 0.6) is 0 Å². The maximum Gasteiger partial charge on any atom is 0.244 e. The molecule has 0 aliphatic carbocycles. The normalized spacial score (nSPS) is 14.9. The highest BCUT2D eigenvalue weighted by atomic mass is 32.1. The van der Waals surface area contributed by atoms with Crippen molar-refractivity contribution in [2.24, 2.45) is 0 Å². The molecule has 1 saturated heterocycles. The van der Waals surface area contributed by atoms with Gasteiger partial charge in [-0.3, -0.25) is 9.69 Å². The van der Waals surface area contributed by atoms with Gasteiger partial charge in [-0.1, -0.05) is 18.2 Å². The van der Waals surface area contributed by atoms with Crippen LogP contribution in [-0.2, 0) is 17.9 Å². The molecule has 164 valence electrons. The van der Waals surface area contributed by atoms with Crippen LogP contribution >= 0.6 is 11.3 Å². The van der Waals surface area contributed by atoms with Crippen molar-refractivity contribution in [3.05, 3.63) is 71.1 Å². The van der Waals surface area contributed by atoms with Crippen LogP contribution in [-0.4, -0.2) is 56.7 Å². The van der Waals surface area contributed by atoms with Gasteiger partial charge in [0.05, 0.1) is 11.1 Å². The van der Waals surface area contributed by atoms with Crippen molar-refractivity contribution in [2.75, 3.05) is 26.2 Å². The van der Waals surface area contributed by atoms with Crippen molar-refractivity contribution in [3.63, 3.8) is 0 Å². The minimum atomic E-state index is -0.220. The topological polar surface area (TPSA) is 54.3 Å². The number of pyridine rings is 1. The van der Waals surface area contributed by atoms with Crippen molar-refractivity contribution < 1.29 is 9.18 Å². The summed E-state index contributed by atoms with van der Waals surface area (Å²) >= 11 is 1.68. The lowest BCUT2D eigenvalue weighted by atomic mass is 10.1. The lowest BCUT2D eigenvalue weighted by Crippen LogP contribution is -2.49. The summed E-state index contributed by atoms with van der Waals surface area (Å²) in [6.07, 6.45) is 1.79. The molecule has 3 aromatic heterocycles. The van der Waals surface area contributed by atoms with Crippen molar-refractivity contribution in [1.29, 1.82) is 0 Å². The monoisotopic (exact) mass is 449 g/mol. The van der Waals surface area contributed by atoms with Crippen LogP contribution in [0.2, 0.25) is 0 Å². The second-order valence-corrected chi connectivity index (χ2v) is 9.01. The van der Waals surface area contributed by atoms with Crippen LogP contribution in [0, 0.1) is 12.7 Å². The molecule has 1 amide bonds. The number of amides is 1. The smallest absolute Gasteiger partial charge is 0.244 e. The summed E-state index contributed by atoms with van der Waals surface area (Å²) in [6, 6.07) is 12.7. The first-order valence-corrected chi connectivity index (χ1v) is 11.6. The van der Waals surface area contributed by atoms with E-state index < -0.39 is 0 Å². The van der Waals surface area contributed by atoms with Gasteiger partial charge in [0.2, 0.25) is 5.91 Å². The van der Waals surface area contributed by atoms with E-state index in [1.54, 1.807) is 22.2 Å². The Balaban J connectivity index is 1.26. The zero-order chi connectivity index (χ0) is 22.1. The lowest BCUT2D eigenvalue weighted by Gasteiger charge is -2.34. The largest absolute Gasteiger partial charge is 0.339 e. The Hall–Kier alpha value is -3.10. The zero-order valence-corrected chi connectivity index (χ0v) is 18.7. The number of carbonyl (C=O) groups is 1. The molecule has 32 heavy (non-hydrogen) atoms. The first-order valence-electron chi connectivity index (χ1n) is 10.7. The van der Waals surface area contributed by atoms with Crippen LogP contribution in [0.25, 0.3) is 21.5 Å². The summed E-state index contributed by atoms with van der Waals surface area (Å²) in [7, 11) is 0. The van der Waals surface area contributed by atoms with Gasteiger partial charge >= 0.3 is 0 Å². The van der Waals surface area contributed by atoms with Gasteiger partial charge in [-0.15, -0.1) is 11.3 Å². The predicted molar refractivity (Wildman–Crippen MR) is 124 cm³/mol. The van der Waals surface area contributed by atoms with E-state index >= 15 is 0 Å². The van der Waals surface area contributed by atoms with Crippen LogP contribution in [0.3, 0.4) is 0 Å². The van der Waals surface area contributed by atoms with E-state index in [-0.39, 0.29) is 18.3 Å². The van der Waals surface area contributed by atoms with Crippen LogP contribution in [0.1, 0.15) is 11.3 Å². The second kappa shape index (κ2) is 8.80. The van der Waals surface area contributed by atoms with E-state index in [2.05, 4.69) is 26.4 Å². The summed E-state index contributed by atoms with van der Waals surface area (Å²) < 4.78 is 14.8. The Morgan fingerprint density at radius 2 is 1.88 bits per heavy atom. The highest BCUT2D eigenvalue weighted by molar-refractivity contribution is 7.13. The number of hydrogen-bond donors (Lipinski definition) is 0. The molecular weight excluding hydrogens is 425 g/mol. The first kappa shape index (κ1) is 20.8. The Morgan fingerprint density at radius 1 is 1.09 bits per heavy atom. The lowest BCUT2D eigenvalue weighted by molar-refractivity contribution is -0.133. The van der Waals surface area contributed by atoms with E-state index in [1.165, 1.54) is 17.0 Å². The molecule has 0 radical (unpaired) electrons. The Kier molecular flexibility index (Phi) is 5.71. The number of benzene rings is 1. The number of fused-ring (bicyclic) bond motifs is 1. The van der Waals surface area contributed by atoms with Gasteiger partial charge in [0.1, 0.15) is 12.4 Å². The highest BCUT2D eigenvalue weighted by Gasteiger charge is 2.23. The average molecular weight is 450 g/mol. The maximum absolute atomic E-state index is 13.1. The average Bonchev–Trinajstić information content (AvgIpc) is 3.45. The molecule has 0 N–H and O–H groups in total. The molecular formula is C24H24FN5OS. The van der Waals surface area contributed by atoms with E-state index in [0.717, 1.165) is 47.5 Å². The molecule has 4 aromatic rings. The summed E-state index contributed by atoms with van der Waals surface area (Å²) in [5, 5.41) is 7.71. The van der Waals surface area contributed by atoms with Crippen LogP contribution < -0.4 is 0 Å². The molecule has 1 aliphatic heterocycles. The predicted octanol–water partition coefficient (Wildman–Crippen LogP) is 3.95. The molecule has 0 unspecified atom stereocenters. The van der Waals surface area contributed by atoms with Gasteiger partial charge in [-0.05, 0) is 42.1 Å². The molecule has 0 spiro atoms. The number of piperazine rings is 1. The summed E-state index contributed by atoms with van der Waals surface area (Å²) in [5.74, 6) is -0.165. The molecule has 8 heteroatoms. The summed E-state index contributed by atoms with van der Waals surface area (Å²) in [5.41, 5.74) is 3.82. The Morgan fingerprint density at radius 3 is 2.59 bits per heavy atom. The standard InChI is InChI=1S/C24H24FN5OS/c1-17-23-20(21-3-2-14-32-21)8-9-26-24(23)30(27-17)16-22(31)29-12-10-28(11-13-29)15-18-4-6-19(25)7-5-18/h2-9,14H,10-13,15-16H2,1H3. The Labute approximate surface area is 189 Å². The first-order chi connectivity index (χ1) is 15.6. The molecule has 0 bridgehead atoms. The van der Waals surface area contributed by atoms with Gasteiger partial charge in [-0.25, -0.2) is 14.1 Å². The third kappa shape index (κ3) is 4.16. The fourth-order valence-electron chi connectivity index (χ4n) is 4.26. The number of halogens is 1. The minimum Gasteiger partial charge on any atom is -0.339 e. The van der Waals surface area contributed by atoms with Gasteiger partial charge in [0, 0.05) is 49.4 Å². The number of aromatic nitrogens is 3. The SMILES string of the molecule is Cc1nn(CC(=O)N2CCN(Cc3ccc(F)cc3)CC2)c2nccc(-c3cccs3)c12. The Bertz CT molecular complexity index is 1230. The highest BCUT2D eigenvalue weighted by Crippen LogP contribution is 2.32. The van der Waals surface area contributed by atoms with E-state index in [0.29, 0.717) is 13.1 Å². The van der Waals surface area contributed by atoms with Gasteiger partial charge in [0.25, 0.3) is 0 Å². The molecule has 0 atom stereocenters. The number of hydrogen-bond acceptors (Lipinski definition) is 5. The van der Waals surface area contributed by atoms with Crippen molar-refractivity contribution in [1.82, 2.24) is 24.6 Å². The summed E-state index contributed by atoms with van der Waals surface area (Å²) in [4.78, 5) is 22.9. The number of aryl methyl sites for hydroxylation is 1. The molecule has 6 nitrogen and oxygen atoms in total. The van der Waals surface area contributed by atoms with E-state index in [4.69, 9.17) is 0 Å². The summed E-state index contributed by atoms with van der Waals surface area (Å²) in [6.45, 7) is 5.85. The van der Waals surface area contributed by atoms with Crippen molar-refractivity contribution >= 4 is 28.3 Å². The maximum atomic E-state index is 13.1. The number of rotatable bonds is 5. The van der Waals surface area contributed by atoms with Gasteiger partial charge in [-0.2, -0.15) is 5.10 Å². The van der Waals surface area contributed by atoms with Crippen LogP contribution in [0.15, 0.2) is 54.0 Å². The molecule has 1 fully saturated rings. The van der Waals surface area contributed by atoms with Crippen molar-refractivity contribution in [3.8, 4) is 10.4 Å². The third-order valence-corrected chi connectivity index (χ3v) is 6.83. The fraction of sp³-hybridized carbons (Fsp3) is 0.292. The number of carbonyl (C=O) groups excluding carboxylic acids is 1. The van der Waals surface area contributed by atoms with Gasteiger partial charge < -0.3 is 4.90 Å². The molecule has 1 aliphatic rings. The van der Waals surface area contributed by atoms with E-state index in [1.807, 2.05) is 36.1 Å². The second-order valence-electron chi connectivity index (χ2n) is 8.06. The molecule has 4 heterocycles. The molecule has 0 saturated carbocycles. The van der Waals surface area contributed by atoms with Crippen molar-refractivity contribution in [2.45, 2.75) is 20.0 Å².